The molecule has 3 rings (SSSR count). The highest BCUT2D eigenvalue weighted by molar-refractivity contribution is 7.91. The number of carbonyl (C=O) groups excluding carboxylic acids is 1. The number of hydrogen-bond donors (Lipinski definition) is 1. The van der Waals surface area contributed by atoms with Crippen LogP contribution in [-0.2, 0) is 9.84 Å². The third-order valence-electron chi connectivity index (χ3n) is 3.60. The van der Waals surface area contributed by atoms with Gasteiger partial charge < -0.3 is 4.42 Å². The van der Waals surface area contributed by atoms with Gasteiger partial charge in [0.1, 0.15) is 5.82 Å². The SMILES string of the molecule is CCS(=O)(=O)c1ccc(-c2nnc(NC(=O)c3ccccc3F)o2)cc1. The van der Waals surface area contributed by atoms with Gasteiger partial charge >= 0.3 is 6.01 Å². The Bertz CT molecular complexity index is 1050. The van der Waals surface area contributed by atoms with Gasteiger partial charge in [-0.1, -0.05) is 24.2 Å². The van der Waals surface area contributed by atoms with Crippen molar-refractivity contribution in [2.24, 2.45) is 0 Å². The first-order valence-corrected chi connectivity index (χ1v) is 9.28. The van der Waals surface area contributed by atoms with Crippen LogP contribution in [0.2, 0.25) is 0 Å². The quantitative estimate of drug-likeness (QED) is 0.736. The molecule has 0 atom stereocenters. The van der Waals surface area contributed by atoms with E-state index < -0.39 is 21.6 Å². The molecule has 0 aliphatic carbocycles. The zero-order chi connectivity index (χ0) is 18.7. The van der Waals surface area contributed by atoms with Gasteiger partial charge in [0, 0.05) is 5.56 Å². The van der Waals surface area contributed by atoms with Crippen LogP contribution in [0.4, 0.5) is 10.4 Å². The Labute approximate surface area is 148 Å². The van der Waals surface area contributed by atoms with Gasteiger partial charge in [0.2, 0.25) is 5.89 Å². The van der Waals surface area contributed by atoms with Crippen LogP contribution in [0, 0.1) is 5.82 Å². The molecular weight excluding hydrogens is 361 g/mol. The Balaban J connectivity index is 1.78. The molecule has 0 fully saturated rings. The maximum atomic E-state index is 13.6. The average Bonchev–Trinajstić information content (AvgIpc) is 3.10. The minimum atomic E-state index is -3.30. The highest BCUT2D eigenvalue weighted by Gasteiger charge is 2.16. The van der Waals surface area contributed by atoms with E-state index in [-0.39, 0.29) is 28.1 Å². The molecule has 0 unspecified atom stereocenters. The van der Waals surface area contributed by atoms with Crippen molar-refractivity contribution in [2.45, 2.75) is 11.8 Å². The molecule has 1 N–H and O–H groups in total. The number of amides is 1. The van der Waals surface area contributed by atoms with Crippen LogP contribution >= 0.6 is 0 Å². The predicted molar refractivity (Wildman–Crippen MR) is 91.8 cm³/mol. The second-order valence-corrected chi connectivity index (χ2v) is 7.55. The third-order valence-corrected chi connectivity index (χ3v) is 5.35. The highest BCUT2D eigenvalue weighted by Crippen LogP contribution is 2.22. The molecule has 9 heteroatoms. The first-order chi connectivity index (χ1) is 12.4. The first kappa shape index (κ1) is 17.7. The number of carbonyl (C=O) groups is 1. The van der Waals surface area contributed by atoms with Crippen LogP contribution in [0.3, 0.4) is 0 Å². The van der Waals surface area contributed by atoms with Crippen molar-refractivity contribution in [1.82, 2.24) is 10.2 Å². The van der Waals surface area contributed by atoms with E-state index in [9.17, 15) is 17.6 Å². The van der Waals surface area contributed by atoms with Gasteiger partial charge in [0.25, 0.3) is 5.91 Å². The monoisotopic (exact) mass is 375 g/mol. The molecule has 1 heterocycles. The fourth-order valence-electron chi connectivity index (χ4n) is 2.17. The summed E-state index contributed by atoms with van der Waals surface area (Å²) in [5, 5.41) is 9.80. The van der Waals surface area contributed by atoms with E-state index in [4.69, 9.17) is 4.42 Å². The van der Waals surface area contributed by atoms with Crippen molar-refractivity contribution in [3.05, 3.63) is 59.9 Å². The van der Waals surface area contributed by atoms with Gasteiger partial charge in [-0.3, -0.25) is 10.1 Å². The molecule has 7 nitrogen and oxygen atoms in total. The second-order valence-electron chi connectivity index (χ2n) is 5.27. The zero-order valence-corrected chi connectivity index (χ0v) is 14.5. The average molecular weight is 375 g/mol. The van der Waals surface area contributed by atoms with Gasteiger partial charge in [-0.05, 0) is 36.4 Å². The van der Waals surface area contributed by atoms with Gasteiger partial charge in [0.15, 0.2) is 9.84 Å². The number of rotatable bonds is 5. The van der Waals surface area contributed by atoms with Gasteiger partial charge in [-0.2, -0.15) is 0 Å². The Kier molecular flexibility index (Phi) is 4.81. The maximum absolute atomic E-state index is 13.6. The number of sulfone groups is 1. The summed E-state index contributed by atoms with van der Waals surface area (Å²) >= 11 is 0. The summed E-state index contributed by atoms with van der Waals surface area (Å²) in [5.41, 5.74) is 0.334. The molecule has 1 aromatic heterocycles. The number of hydrogen-bond acceptors (Lipinski definition) is 6. The van der Waals surface area contributed by atoms with Crippen LogP contribution in [0.15, 0.2) is 57.8 Å². The summed E-state index contributed by atoms with van der Waals surface area (Å²) < 4.78 is 42.5. The lowest BCUT2D eigenvalue weighted by Gasteiger charge is -2.02. The molecule has 134 valence electrons. The zero-order valence-electron chi connectivity index (χ0n) is 13.6. The maximum Gasteiger partial charge on any atom is 0.322 e. The van der Waals surface area contributed by atoms with E-state index in [1.54, 1.807) is 6.92 Å². The Morgan fingerprint density at radius 2 is 1.81 bits per heavy atom. The third kappa shape index (κ3) is 3.62. The highest BCUT2D eigenvalue weighted by atomic mass is 32.2. The van der Waals surface area contributed by atoms with Crippen molar-refractivity contribution in [1.29, 1.82) is 0 Å². The summed E-state index contributed by atoms with van der Waals surface area (Å²) in [6.07, 6.45) is 0. The Morgan fingerprint density at radius 1 is 1.12 bits per heavy atom. The molecule has 0 aliphatic heterocycles. The fourth-order valence-corrected chi connectivity index (χ4v) is 3.06. The minimum Gasteiger partial charge on any atom is -0.403 e. The lowest BCUT2D eigenvalue weighted by Crippen LogP contribution is -2.13. The molecule has 2 aromatic carbocycles. The topological polar surface area (TPSA) is 102 Å². The summed E-state index contributed by atoms with van der Waals surface area (Å²) in [4.78, 5) is 12.2. The lowest BCUT2D eigenvalue weighted by molar-refractivity contribution is 0.102. The number of aromatic nitrogens is 2. The molecule has 0 radical (unpaired) electrons. The number of benzene rings is 2. The second kappa shape index (κ2) is 7.04. The van der Waals surface area contributed by atoms with E-state index in [0.717, 1.165) is 0 Å². The van der Waals surface area contributed by atoms with Crippen molar-refractivity contribution in [2.75, 3.05) is 11.1 Å². The molecule has 26 heavy (non-hydrogen) atoms. The van der Waals surface area contributed by atoms with Crippen molar-refractivity contribution in [3.63, 3.8) is 0 Å². The first-order valence-electron chi connectivity index (χ1n) is 7.63. The number of halogens is 1. The summed E-state index contributed by atoms with van der Waals surface area (Å²) in [7, 11) is -3.30. The normalized spacial score (nSPS) is 11.3. The largest absolute Gasteiger partial charge is 0.403 e. The Morgan fingerprint density at radius 3 is 2.46 bits per heavy atom. The minimum absolute atomic E-state index is 0.000864. The van der Waals surface area contributed by atoms with Crippen LogP contribution in [0.25, 0.3) is 11.5 Å². The lowest BCUT2D eigenvalue weighted by atomic mass is 10.2. The van der Waals surface area contributed by atoms with Crippen LogP contribution in [0.1, 0.15) is 17.3 Å². The van der Waals surface area contributed by atoms with Crippen molar-refractivity contribution >= 4 is 21.8 Å². The molecule has 3 aromatic rings. The Hall–Kier alpha value is -3.07. The number of nitrogens with zero attached hydrogens (tertiary/aromatic N) is 2. The summed E-state index contributed by atoms with van der Waals surface area (Å²) in [5.74, 6) is -1.30. The van der Waals surface area contributed by atoms with E-state index in [2.05, 4.69) is 15.5 Å². The molecule has 1 amide bonds. The summed E-state index contributed by atoms with van der Waals surface area (Å²) in [6, 6.07) is 11.2. The van der Waals surface area contributed by atoms with Crippen LogP contribution < -0.4 is 5.32 Å². The standard InChI is InChI=1S/C17H14FN3O4S/c1-2-26(23,24)12-9-7-11(8-10-12)16-20-21-17(25-16)19-15(22)13-5-3-4-6-14(13)18/h3-10H,2H2,1H3,(H,19,21,22). The smallest absolute Gasteiger partial charge is 0.322 e. The fraction of sp³-hybridized carbons (Fsp3) is 0.118. The number of anilines is 1. The van der Waals surface area contributed by atoms with Crippen molar-refractivity contribution in [3.8, 4) is 11.5 Å². The van der Waals surface area contributed by atoms with Gasteiger partial charge in [-0.15, -0.1) is 5.10 Å². The molecule has 0 saturated carbocycles. The molecule has 0 saturated heterocycles. The predicted octanol–water partition coefficient (Wildman–Crippen LogP) is 2.92. The van der Waals surface area contributed by atoms with Crippen molar-refractivity contribution < 1.29 is 22.0 Å². The van der Waals surface area contributed by atoms with E-state index in [1.807, 2.05) is 0 Å². The van der Waals surface area contributed by atoms with E-state index in [1.165, 1.54) is 48.5 Å². The van der Waals surface area contributed by atoms with E-state index >= 15 is 0 Å². The molecule has 0 aliphatic rings. The molecular formula is C17H14FN3O4S. The molecule has 0 spiro atoms. The number of nitrogens with one attached hydrogen (secondary N) is 1. The van der Waals surface area contributed by atoms with Crippen LogP contribution in [0.5, 0.6) is 0 Å². The van der Waals surface area contributed by atoms with Crippen LogP contribution in [-0.4, -0.2) is 30.3 Å². The van der Waals surface area contributed by atoms with Gasteiger partial charge in [-0.25, -0.2) is 12.8 Å². The van der Waals surface area contributed by atoms with E-state index in [0.29, 0.717) is 5.56 Å². The van der Waals surface area contributed by atoms with Gasteiger partial charge in [0.05, 0.1) is 16.2 Å². The molecule has 0 bridgehead atoms. The summed E-state index contributed by atoms with van der Waals surface area (Å²) in [6.45, 7) is 1.56.